The number of hydrogen-bond donors (Lipinski definition) is 4. The van der Waals surface area contributed by atoms with Crippen molar-refractivity contribution in [3.63, 3.8) is 0 Å². The summed E-state index contributed by atoms with van der Waals surface area (Å²) < 4.78 is 0. The highest BCUT2D eigenvalue weighted by Gasteiger charge is 2.31. The molecule has 0 aliphatic carbocycles. The minimum atomic E-state index is -1.14. The minimum Gasteiger partial charge on any atom is -0.394 e. The molecule has 0 radical (unpaired) electrons. The predicted octanol–water partition coefficient (Wildman–Crippen LogP) is -1.71. The van der Waals surface area contributed by atoms with Gasteiger partial charge < -0.3 is 15.3 Å². The summed E-state index contributed by atoms with van der Waals surface area (Å²) in [7, 11) is 0. The van der Waals surface area contributed by atoms with Crippen LogP contribution in [-0.2, 0) is 0 Å². The Morgan fingerprint density at radius 2 is 2.00 bits per heavy atom. The van der Waals surface area contributed by atoms with E-state index in [-0.39, 0.29) is 0 Å². The largest absolute Gasteiger partial charge is 0.394 e. The van der Waals surface area contributed by atoms with Crippen LogP contribution in [0.5, 0.6) is 0 Å². The van der Waals surface area contributed by atoms with Crippen molar-refractivity contribution in [2.24, 2.45) is 0 Å². The Morgan fingerprint density at radius 3 is 2.45 bits per heavy atom. The van der Waals surface area contributed by atoms with Gasteiger partial charge in [0.1, 0.15) is 18.2 Å². The fourth-order valence-electron chi connectivity index (χ4n) is 0.976. The Hall–Kier alpha value is -0.620. The first kappa shape index (κ1) is 8.48. The van der Waals surface area contributed by atoms with E-state index >= 15 is 0 Å². The molecule has 3 unspecified atom stereocenters. The molecule has 0 aromatic carbocycles. The molecule has 0 saturated carbocycles. The number of hydroxylamine groups is 2. The van der Waals surface area contributed by atoms with Crippen molar-refractivity contribution in [1.82, 2.24) is 5.06 Å². The van der Waals surface area contributed by atoms with Gasteiger partial charge in [0.05, 0.1) is 6.61 Å². The van der Waals surface area contributed by atoms with E-state index in [2.05, 4.69) is 0 Å². The van der Waals surface area contributed by atoms with Gasteiger partial charge in [-0.2, -0.15) is 0 Å². The molecule has 5 heteroatoms. The summed E-state index contributed by atoms with van der Waals surface area (Å²) in [5, 5.41) is 36.4. The minimum absolute atomic E-state index is 0.404. The lowest BCUT2D eigenvalue weighted by atomic mass is 10.0. The molecule has 0 fully saturated rings. The number of aliphatic hydroxyl groups excluding tert-OH is 3. The second kappa shape index (κ2) is 3.19. The summed E-state index contributed by atoms with van der Waals surface area (Å²) in [5.74, 6) is 0. The number of aliphatic hydroxyl groups is 3. The number of nitrogens with zero attached hydrogens (tertiary/aromatic N) is 1. The normalized spacial score (nSPS) is 37.8. The second-order valence-electron chi connectivity index (χ2n) is 2.45. The van der Waals surface area contributed by atoms with Gasteiger partial charge in [-0.25, -0.2) is 0 Å². The zero-order valence-corrected chi connectivity index (χ0v) is 5.83. The molecule has 3 atom stereocenters. The van der Waals surface area contributed by atoms with Crippen molar-refractivity contribution in [2.45, 2.75) is 18.2 Å². The Morgan fingerprint density at radius 1 is 1.36 bits per heavy atom. The maximum absolute atomic E-state index is 9.14. The van der Waals surface area contributed by atoms with Gasteiger partial charge >= 0.3 is 0 Å². The van der Waals surface area contributed by atoms with Crippen molar-refractivity contribution in [3.8, 4) is 0 Å². The monoisotopic (exact) mass is 161 g/mol. The van der Waals surface area contributed by atoms with E-state index in [1.54, 1.807) is 0 Å². The van der Waals surface area contributed by atoms with E-state index < -0.39 is 24.9 Å². The maximum Gasteiger partial charge on any atom is 0.109 e. The molecular weight excluding hydrogens is 150 g/mol. The van der Waals surface area contributed by atoms with E-state index in [0.29, 0.717) is 5.06 Å². The molecule has 1 rings (SSSR count). The first-order valence-electron chi connectivity index (χ1n) is 3.29. The van der Waals surface area contributed by atoms with Crippen LogP contribution in [0.25, 0.3) is 0 Å². The summed E-state index contributed by atoms with van der Waals surface area (Å²) in [4.78, 5) is 0. The first-order valence-corrected chi connectivity index (χ1v) is 3.29. The van der Waals surface area contributed by atoms with E-state index in [1.165, 1.54) is 12.3 Å². The molecule has 0 bridgehead atoms. The average molecular weight is 161 g/mol. The summed E-state index contributed by atoms with van der Waals surface area (Å²) >= 11 is 0. The average Bonchev–Trinajstić information content (AvgIpc) is 1.99. The Labute approximate surface area is 63.8 Å². The SMILES string of the molecule is OCC1C(O)C(O)C=CN1O. The van der Waals surface area contributed by atoms with Gasteiger partial charge in [0.25, 0.3) is 0 Å². The first-order chi connectivity index (χ1) is 5.16. The van der Waals surface area contributed by atoms with Gasteiger partial charge in [0.2, 0.25) is 0 Å². The van der Waals surface area contributed by atoms with Crippen LogP contribution in [0.15, 0.2) is 12.3 Å². The predicted molar refractivity (Wildman–Crippen MR) is 35.7 cm³/mol. The van der Waals surface area contributed by atoms with E-state index in [9.17, 15) is 0 Å². The van der Waals surface area contributed by atoms with Crippen LogP contribution in [0.3, 0.4) is 0 Å². The van der Waals surface area contributed by atoms with Crippen molar-refractivity contribution >= 4 is 0 Å². The summed E-state index contributed by atoms with van der Waals surface area (Å²) in [6.45, 7) is -0.404. The van der Waals surface area contributed by atoms with Gasteiger partial charge in [-0.15, -0.1) is 0 Å². The van der Waals surface area contributed by atoms with Gasteiger partial charge in [-0.05, 0) is 6.08 Å². The van der Waals surface area contributed by atoms with E-state index in [0.717, 1.165) is 0 Å². The fraction of sp³-hybridized carbons (Fsp3) is 0.667. The third kappa shape index (κ3) is 1.51. The Bertz CT molecular complexity index is 161. The molecule has 4 N–H and O–H groups in total. The summed E-state index contributed by atoms with van der Waals surface area (Å²) in [6, 6.07) is -0.838. The molecule has 0 aromatic heterocycles. The van der Waals surface area contributed by atoms with Crippen molar-refractivity contribution in [2.75, 3.05) is 6.61 Å². The topological polar surface area (TPSA) is 84.2 Å². The van der Waals surface area contributed by atoms with Crippen LogP contribution in [0.2, 0.25) is 0 Å². The smallest absolute Gasteiger partial charge is 0.109 e. The molecule has 5 nitrogen and oxygen atoms in total. The molecule has 1 aliphatic rings. The van der Waals surface area contributed by atoms with Crippen LogP contribution >= 0.6 is 0 Å². The van der Waals surface area contributed by atoms with Gasteiger partial charge in [-0.1, -0.05) is 0 Å². The van der Waals surface area contributed by atoms with Crippen LogP contribution in [0, 0.1) is 0 Å². The summed E-state index contributed by atoms with van der Waals surface area (Å²) in [6.07, 6.45) is 0.292. The third-order valence-electron chi connectivity index (χ3n) is 1.71. The second-order valence-corrected chi connectivity index (χ2v) is 2.45. The van der Waals surface area contributed by atoms with Crippen molar-refractivity contribution in [1.29, 1.82) is 0 Å². The van der Waals surface area contributed by atoms with E-state index in [4.69, 9.17) is 20.5 Å². The Balaban J connectivity index is 2.70. The molecule has 64 valence electrons. The van der Waals surface area contributed by atoms with E-state index in [1.807, 2.05) is 0 Å². The van der Waals surface area contributed by atoms with Crippen LogP contribution in [0.1, 0.15) is 0 Å². The van der Waals surface area contributed by atoms with Crippen LogP contribution in [-0.4, -0.2) is 50.4 Å². The third-order valence-corrected chi connectivity index (χ3v) is 1.71. The molecule has 1 heterocycles. The molecule has 0 saturated heterocycles. The van der Waals surface area contributed by atoms with Crippen molar-refractivity contribution in [3.05, 3.63) is 12.3 Å². The Kier molecular flexibility index (Phi) is 2.45. The molecule has 1 aliphatic heterocycles. The van der Waals surface area contributed by atoms with Crippen LogP contribution < -0.4 is 0 Å². The number of hydrogen-bond acceptors (Lipinski definition) is 5. The quantitative estimate of drug-likeness (QED) is 0.368. The van der Waals surface area contributed by atoms with Gasteiger partial charge in [-0.3, -0.25) is 10.3 Å². The lowest BCUT2D eigenvalue weighted by Crippen LogP contribution is -2.50. The molecule has 0 spiro atoms. The zero-order valence-electron chi connectivity index (χ0n) is 5.83. The summed E-state index contributed by atoms with van der Waals surface area (Å²) in [5.41, 5.74) is 0. The lowest BCUT2D eigenvalue weighted by Gasteiger charge is -2.32. The molecular formula is C6H11NO4. The molecule has 0 amide bonds. The highest BCUT2D eigenvalue weighted by Crippen LogP contribution is 2.13. The fourth-order valence-corrected chi connectivity index (χ4v) is 0.976. The standard InChI is InChI=1S/C6H11NO4/c8-3-4-6(10)5(9)1-2-7(4)11/h1-2,4-6,8-11H,3H2. The highest BCUT2D eigenvalue weighted by atomic mass is 16.5. The van der Waals surface area contributed by atoms with Crippen molar-refractivity contribution < 1.29 is 20.5 Å². The number of rotatable bonds is 1. The molecule has 0 aromatic rings. The highest BCUT2D eigenvalue weighted by molar-refractivity contribution is 5.01. The van der Waals surface area contributed by atoms with Crippen LogP contribution in [0.4, 0.5) is 0 Å². The van der Waals surface area contributed by atoms with Gasteiger partial charge in [0.15, 0.2) is 0 Å². The molecule has 11 heavy (non-hydrogen) atoms. The van der Waals surface area contributed by atoms with Gasteiger partial charge in [0, 0.05) is 6.20 Å². The maximum atomic E-state index is 9.14. The zero-order chi connectivity index (χ0) is 8.43. The lowest BCUT2D eigenvalue weighted by molar-refractivity contribution is -0.153.